The zero-order valence-electron chi connectivity index (χ0n) is 13.6. The number of hydrogen-bond donors (Lipinski definition) is 2. The zero-order valence-corrected chi connectivity index (χ0v) is 13.6. The van der Waals surface area contributed by atoms with E-state index in [2.05, 4.69) is 29.2 Å². The number of nitrogens with one attached hydrogen (secondary N) is 1. The van der Waals surface area contributed by atoms with Gasteiger partial charge in [-0.2, -0.15) is 0 Å². The predicted molar refractivity (Wildman–Crippen MR) is 95.6 cm³/mol. The maximum atomic E-state index is 13.8. The van der Waals surface area contributed by atoms with Crippen LogP contribution in [0.2, 0.25) is 0 Å². The number of aromatic nitrogens is 1. The van der Waals surface area contributed by atoms with Gasteiger partial charge in [0.05, 0.1) is 0 Å². The molecule has 0 amide bonds. The highest BCUT2D eigenvalue weighted by atomic mass is 19.1. The molecule has 0 saturated heterocycles. The van der Waals surface area contributed by atoms with Gasteiger partial charge in [-0.15, -0.1) is 0 Å². The molecule has 1 aromatic heterocycles. The number of hydrogen-bond acceptors (Lipinski definition) is 1. The van der Waals surface area contributed by atoms with Crippen LogP contribution in [0.3, 0.4) is 0 Å². The molecule has 0 spiro atoms. The molecule has 5 rings (SSSR count). The van der Waals surface area contributed by atoms with Crippen molar-refractivity contribution in [2.24, 2.45) is 5.73 Å². The van der Waals surface area contributed by atoms with E-state index in [-0.39, 0.29) is 11.9 Å². The molecule has 0 unspecified atom stereocenters. The predicted octanol–water partition coefficient (Wildman–Crippen LogP) is 5.06. The highest BCUT2D eigenvalue weighted by molar-refractivity contribution is 5.91. The first-order chi connectivity index (χ1) is 11.7. The second kappa shape index (κ2) is 5.18. The second-order valence-corrected chi connectivity index (χ2v) is 7.43. The Morgan fingerprint density at radius 3 is 2.38 bits per heavy atom. The third-order valence-corrected chi connectivity index (χ3v) is 5.63. The average Bonchev–Trinajstić information content (AvgIpc) is 3.34. The minimum Gasteiger partial charge on any atom is -0.354 e. The van der Waals surface area contributed by atoms with Crippen molar-refractivity contribution in [3.63, 3.8) is 0 Å². The van der Waals surface area contributed by atoms with Crippen LogP contribution in [-0.2, 0) is 0 Å². The molecule has 3 aromatic rings. The molecule has 2 saturated carbocycles. The Hall–Kier alpha value is -2.13. The van der Waals surface area contributed by atoms with Gasteiger partial charge in [-0.05, 0) is 72.4 Å². The number of H-pyrrole nitrogens is 1. The molecule has 122 valence electrons. The SMILES string of the molecule is NC1CC(c2c(-c3ccc(C4CC4)cc3)[nH]c3ccc(F)cc23)C1. The third-order valence-electron chi connectivity index (χ3n) is 5.63. The van der Waals surface area contributed by atoms with E-state index < -0.39 is 0 Å². The Bertz CT molecular complexity index is 899. The minimum atomic E-state index is -0.179. The van der Waals surface area contributed by atoms with Gasteiger partial charge in [0.2, 0.25) is 0 Å². The molecule has 2 aromatic carbocycles. The number of nitrogens with two attached hydrogens (primary N) is 1. The van der Waals surface area contributed by atoms with Crippen LogP contribution < -0.4 is 5.73 Å². The summed E-state index contributed by atoms with van der Waals surface area (Å²) in [6.45, 7) is 0. The van der Waals surface area contributed by atoms with Crippen molar-refractivity contribution in [2.45, 2.75) is 43.6 Å². The first kappa shape index (κ1) is 14.2. The summed E-state index contributed by atoms with van der Waals surface area (Å²) in [7, 11) is 0. The second-order valence-electron chi connectivity index (χ2n) is 7.43. The standard InChI is InChI=1S/C21H21FN2/c22-16-7-8-19-18(11-16)20(15-9-17(23)10-15)21(24-19)14-5-3-13(4-6-14)12-1-2-12/h3-8,11-12,15,17,24H,1-2,9-10,23H2. The quantitative estimate of drug-likeness (QED) is 0.696. The Morgan fingerprint density at radius 1 is 0.958 bits per heavy atom. The summed E-state index contributed by atoms with van der Waals surface area (Å²) in [5.74, 6) is 1.01. The summed E-state index contributed by atoms with van der Waals surface area (Å²) in [5, 5.41) is 1.01. The molecular weight excluding hydrogens is 299 g/mol. The minimum absolute atomic E-state index is 0.179. The van der Waals surface area contributed by atoms with Crippen LogP contribution in [0.1, 0.15) is 48.6 Å². The van der Waals surface area contributed by atoms with Gasteiger partial charge < -0.3 is 10.7 Å². The van der Waals surface area contributed by atoms with Gasteiger partial charge in [0, 0.05) is 22.6 Å². The van der Waals surface area contributed by atoms with Gasteiger partial charge in [0.15, 0.2) is 0 Å². The molecular formula is C21H21FN2. The van der Waals surface area contributed by atoms with Gasteiger partial charge >= 0.3 is 0 Å². The van der Waals surface area contributed by atoms with Crippen LogP contribution in [0.5, 0.6) is 0 Å². The average molecular weight is 320 g/mol. The molecule has 0 radical (unpaired) electrons. The highest BCUT2D eigenvalue weighted by Gasteiger charge is 2.32. The van der Waals surface area contributed by atoms with Crippen LogP contribution in [-0.4, -0.2) is 11.0 Å². The van der Waals surface area contributed by atoms with Gasteiger partial charge in [-0.1, -0.05) is 24.3 Å². The molecule has 24 heavy (non-hydrogen) atoms. The Labute approximate surface area is 140 Å². The summed E-state index contributed by atoms with van der Waals surface area (Å²) < 4.78 is 13.8. The van der Waals surface area contributed by atoms with E-state index in [1.165, 1.54) is 35.6 Å². The molecule has 2 nitrogen and oxygen atoms in total. The van der Waals surface area contributed by atoms with Crippen molar-refractivity contribution >= 4 is 10.9 Å². The third kappa shape index (κ3) is 2.27. The molecule has 3 heteroatoms. The molecule has 0 aliphatic heterocycles. The largest absolute Gasteiger partial charge is 0.354 e. The van der Waals surface area contributed by atoms with Gasteiger partial charge in [0.25, 0.3) is 0 Å². The highest BCUT2D eigenvalue weighted by Crippen LogP contribution is 2.45. The van der Waals surface area contributed by atoms with Gasteiger partial charge in [-0.3, -0.25) is 0 Å². The lowest BCUT2D eigenvalue weighted by atomic mass is 9.74. The summed E-state index contributed by atoms with van der Waals surface area (Å²) in [5.41, 5.74) is 12.0. The van der Waals surface area contributed by atoms with Gasteiger partial charge in [0.1, 0.15) is 5.82 Å². The fourth-order valence-electron chi connectivity index (χ4n) is 4.07. The number of aromatic amines is 1. The smallest absolute Gasteiger partial charge is 0.123 e. The number of benzene rings is 2. The van der Waals surface area contributed by atoms with E-state index in [1.807, 2.05) is 6.07 Å². The first-order valence-electron chi connectivity index (χ1n) is 8.86. The Kier molecular flexibility index (Phi) is 3.07. The first-order valence-corrected chi connectivity index (χ1v) is 8.86. The molecule has 3 N–H and O–H groups in total. The fourth-order valence-corrected chi connectivity index (χ4v) is 4.07. The maximum absolute atomic E-state index is 13.8. The van der Waals surface area contributed by atoms with Gasteiger partial charge in [-0.25, -0.2) is 4.39 Å². The summed E-state index contributed by atoms with van der Waals surface area (Å²) in [4.78, 5) is 3.53. The Balaban J connectivity index is 1.64. The number of fused-ring (bicyclic) bond motifs is 1. The van der Waals surface area contributed by atoms with Crippen LogP contribution in [0.4, 0.5) is 4.39 Å². The van der Waals surface area contributed by atoms with Crippen molar-refractivity contribution < 1.29 is 4.39 Å². The maximum Gasteiger partial charge on any atom is 0.123 e. The topological polar surface area (TPSA) is 41.8 Å². The normalized spacial score (nSPS) is 23.4. The van der Waals surface area contributed by atoms with E-state index in [0.29, 0.717) is 5.92 Å². The molecule has 2 fully saturated rings. The number of halogens is 1. The lowest BCUT2D eigenvalue weighted by Gasteiger charge is -2.33. The van der Waals surface area contributed by atoms with Crippen molar-refractivity contribution in [3.05, 3.63) is 59.4 Å². The van der Waals surface area contributed by atoms with E-state index in [1.54, 1.807) is 6.07 Å². The molecule has 1 heterocycles. The van der Waals surface area contributed by atoms with Crippen LogP contribution in [0.15, 0.2) is 42.5 Å². The lowest BCUT2D eigenvalue weighted by Crippen LogP contribution is -2.34. The van der Waals surface area contributed by atoms with Crippen molar-refractivity contribution in [1.82, 2.24) is 4.98 Å². The number of rotatable bonds is 3. The van der Waals surface area contributed by atoms with Crippen LogP contribution >= 0.6 is 0 Å². The van der Waals surface area contributed by atoms with Crippen LogP contribution in [0.25, 0.3) is 22.2 Å². The zero-order chi connectivity index (χ0) is 16.3. The molecule has 2 aliphatic carbocycles. The van der Waals surface area contributed by atoms with E-state index in [9.17, 15) is 4.39 Å². The summed E-state index contributed by atoms with van der Waals surface area (Å²) in [6.07, 6.45) is 4.60. The van der Waals surface area contributed by atoms with Crippen molar-refractivity contribution in [2.75, 3.05) is 0 Å². The lowest BCUT2D eigenvalue weighted by molar-refractivity contribution is 0.354. The van der Waals surface area contributed by atoms with E-state index in [4.69, 9.17) is 5.73 Å². The van der Waals surface area contributed by atoms with Crippen molar-refractivity contribution in [3.8, 4) is 11.3 Å². The van der Waals surface area contributed by atoms with Crippen LogP contribution in [0, 0.1) is 5.82 Å². The summed E-state index contributed by atoms with van der Waals surface area (Å²) in [6, 6.07) is 14.2. The van der Waals surface area contributed by atoms with E-state index in [0.717, 1.165) is 35.4 Å². The molecule has 0 atom stereocenters. The monoisotopic (exact) mass is 320 g/mol. The summed E-state index contributed by atoms with van der Waals surface area (Å²) >= 11 is 0. The molecule has 2 aliphatic rings. The Morgan fingerprint density at radius 2 is 1.71 bits per heavy atom. The molecule has 0 bridgehead atoms. The fraction of sp³-hybridized carbons (Fsp3) is 0.333. The van der Waals surface area contributed by atoms with E-state index >= 15 is 0 Å². The van der Waals surface area contributed by atoms with Crippen molar-refractivity contribution in [1.29, 1.82) is 0 Å².